The first-order valence-electron chi connectivity index (χ1n) is 7.19. The van der Waals surface area contributed by atoms with Crippen molar-refractivity contribution in [1.82, 2.24) is 25.5 Å². The number of carbonyl (C=O) groups excluding carboxylic acids is 1. The summed E-state index contributed by atoms with van der Waals surface area (Å²) in [5, 5.41) is 14.2. The number of amides is 1. The summed E-state index contributed by atoms with van der Waals surface area (Å²) in [6.45, 7) is 0.437. The Labute approximate surface area is 142 Å². The highest BCUT2D eigenvalue weighted by Crippen LogP contribution is 2.15. The number of nitrogens with zero attached hydrogens (tertiary/aromatic N) is 4. The van der Waals surface area contributed by atoms with Gasteiger partial charge in [-0.2, -0.15) is 4.68 Å². The Morgan fingerprint density at radius 2 is 2.00 bits per heavy atom. The van der Waals surface area contributed by atoms with Crippen molar-refractivity contribution in [3.63, 3.8) is 0 Å². The highest BCUT2D eigenvalue weighted by atomic mass is 35.5. The standard InChI is InChI=1S/C16H13ClFN5O/c17-12-3-1-11(2-4-12)7-8-19-16(24)14-6-5-13(18)9-15(14)23-10-20-21-22-23/h1-6,9-10H,7-8H2,(H,19,24). The maximum Gasteiger partial charge on any atom is 0.253 e. The van der Waals surface area contributed by atoms with E-state index in [0.29, 0.717) is 23.6 Å². The van der Waals surface area contributed by atoms with Gasteiger partial charge in [0.05, 0.1) is 11.3 Å². The van der Waals surface area contributed by atoms with Gasteiger partial charge in [-0.25, -0.2) is 4.39 Å². The number of tetrazole rings is 1. The van der Waals surface area contributed by atoms with E-state index in [-0.39, 0.29) is 11.6 Å². The summed E-state index contributed by atoms with van der Waals surface area (Å²) in [6.07, 6.45) is 1.96. The van der Waals surface area contributed by atoms with Gasteiger partial charge in [-0.3, -0.25) is 4.79 Å². The maximum absolute atomic E-state index is 13.5. The van der Waals surface area contributed by atoms with Crippen molar-refractivity contribution in [3.8, 4) is 5.69 Å². The van der Waals surface area contributed by atoms with E-state index in [1.54, 1.807) is 12.1 Å². The van der Waals surface area contributed by atoms with Gasteiger partial charge in [-0.15, -0.1) is 5.10 Å². The van der Waals surface area contributed by atoms with Crippen LogP contribution in [0, 0.1) is 5.82 Å². The first kappa shape index (κ1) is 16.1. The van der Waals surface area contributed by atoms with E-state index in [1.165, 1.54) is 29.2 Å². The van der Waals surface area contributed by atoms with Crippen LogP contribution in [0.2, 0.25) is 5.02 Å². The van der Waals surface area contributed by atoms with Gasteiger partial charge in [0.2, 0.25) is 0 Å². The number of halogens is 2. The van der Waals surface area contributed by atoms with Crippen molar-refractivity contribution in [2.24, 2.45) is 0 Å². The highest BCUT2D eigenvalue weighted by Gasteiger charge is 2.14. The predicted octanol–water partition coefficient (Wildman–Crippen LogP) is 2.43. The number of carbonyl (C=O) groups is 1. The molecule has 0 spiro atoms. The molecule has 6 nitrogen and oxygen atoms in total. The van der Waals surface area contributed by atoms with Gasteiger partial charge >= 0.3 is 0 Å². The fourth-order valence-electron chi connectivity index (χ4n) is 2.22. The second-order valence-electron chi connectivity index (χ2n) is 5.05. The molecule has 0 radical (unpaired) electrons. The molecule has 3 rings (SSSR count). The van der Waals surface area contributed by atoms with Crippen molar-refractivity contribution in [2.45, 2.75) is 6.42 Å². The van der Waals surface area contributed by atoms with E-state index in [0.717, 1.165) is 5.56 Å². The van der Waals surface area contributed by atoms with Crippen molar-refractivity contribution in [3.05, 3.63) is 70.8 Å². The van der Waals surface area contributed by atoms with Gasteiger partial charge in [-0.1, -0.05) is 23.7 Å². The lowest BCUT2D eigenvalue weighted by Gasteiger charge is -2.10. The largest absolute Gasteiger partial charge is 0.352 e. The number of benzene rings is 2. The molecular formula is C16H13ClFN5O. The smallest absolute Gasteiger partial charge is 0.253 e. The normalized spacial score (nSPS) is 10.6. The Morgan fingerprint density at radius 1 is 1.21 bits per heavy atom. The molecule has 1 amide bonds. The summed E-state index contributed by atoms with van der Waals surface area (Å²) in [4.78, 5) is 12.4. The Balaban J connectivity index is 1.70. The van der Waals surface area contributed by atoms with Crippen molar-refractivity contribution >= 4 is 17.5 Å². The zero-order valence-corrected chi connectivity index (χ0v) is 13.2. The van der Waals surface area contributed by atoms with Gasteiger partial charge in [0.25, 0.3) is 5.91 Å². The quantitative estimate of drug-likeness (QED) is 0.770. The second kappa shape index (κ2) is 7.18. The number of hydrogen-bond donors (Lipinski definition) is 1. The average molecular weight is 346 g/mol. The molecule has 0 atom stereocenters. The van der Waals surface area contributed by atoms with E-state index in [9.17, 15) is 9.18 Å². The molecule has 3 aromatic rings. The molecule has 24 heavy (non-hydrogen) atoms. The van der Waals surface area contributed by atoms with Crippen LogP contribution >= 0.6 is 11.6 Å². The monoisotopic (exact) mass is 345 g/mol. The number of nitrogens with one attached hydrogen (secondary N) is 1. The van der Waals surface area contributed by atoms with Crippen molar-refractivity contribution < 1.29 is 9.18 Å². The van der Waals surface area contributed by atoms with Crippen LogP contribution in [0.15, 0.2) is 48.8 Å². The molecule has 8 heteroatoms. The molecule has 2 aromatic carbocycles. The lowest BCUT2D eigenvalue weighted by molar-refractivity contribution is 0.0954. The third kappa shape index (κ3) is 3.75. The summed E-state index contributed by atoms with van der Waals surface area (Å²) in [7, 11) is 0. The minimum absolute atomic E-state index is 0.281. The molecule has 1 heterocycles. The molecular weight excluding hydrogens is 333 g/mol. The third-order valence-corrected chi connectivity index (χ3v) is 3.66. The molecule has 1 N–H and O–H groups in total. The zero-order valence-electron chi connectivity index (χ0n) is 12.5. The maximum atomic E-state index is 13.5. The SMILES string of the molecule is O=C(NCCc1ccc(Cl)cc1)c1ccc(F)cc1-n1cnnn1. The van der Waals surface area contributed by atoms with Gasteiger partial charge in [0.15, 0.2) is 0 Å². The zero-order chi connectivity index (χ0) is 16.9. The molecule has 0 saturated carbocycles. The Bertz CT molecular complexity index is 836. The minimum Gasteiger partial charge on any atom is -0.352 e. The molecule has 0 fully saturated rings. The van der Waals surface area contributed by atoms with Crippen LogP contribution in [0.25, 0.3) is 5.69 Å². The summed E-state index contributed by atoms with van der Waals surface area (Å²) in [6, 6.07) is 11.2. The first-order chi connectivity index (χ1) is 11.6. The molecule has 0 aliphatic carbocycles. The fraction of sp³-hybridized carbons (Fsp3) is 0.125. The van der Waals surface area contributed by atoms with Crippen molar-refractivity contribution in [2.75, 3.05) is 6.54 Å². The lowest BCUT2D eigenvalue weighted by Crippen LogP contribution is -2.27. The molecule has 1 aromatic heterocycles. The van der Waals surface area contributed by atoms with Crippen LogP contribution in [0.1, 0.15) is 15.9 Å². The Kier molecular flexibility index (Phi) is 4.81. The van der Waals surface area contributed by atoms with Crippen LogP contribution in [0.3, 0.4) is 0 Å². The van der Waals surface area contributed by atoms with E-state index >= 15 is 0 Å². The van der Waals surface area contributed by atoms with Crippen LogP contribution in [0.4, 0.5) is 4.39 Å². The van der Waals surface area contributed by atoms with Gasteiger partial charge < -0.3 is 5.32 Å². The summed E-state index contributed by atoms with van der Waals surface area (Å²) in [5.74, 6) is -0.798. The molecule has 122 valence electrons. The summed E-state index contributed by atoms with van der Waals surface area (Å²) in [5.41, 5.74) is 1.63. The van der Waals surface area contributed by atoms with Gasteiger partial charge in [0, 0.05) is 17.6 Å². The first-order valence-corrected chi connectivity index (χ1v) is 7.57. The topological polar surface area (TPSA) is 72.7 Å². The second-order valence-corrected chi connectivity index (χ2v) is 5.48. The van der Waals surface area contributed by atoms with Crippen LogP contribution in [0.5, 0.6) is 0 Å². The van der Waals surface area contributed by atoms with Crippen LogP contribution in [-0.2, 0) is 6.42 Å². The van der Waals surface area contributed by atoms with Gasteiger partial charge in [0.1, 0.15) is 12.1 Å². The summed E-state index contributed by atoms with van der Waals surface area (Å²) >= 11 is 5.84. The van der Waals surface area contributed by atoms with E-state index in [2.05, 4.69) is 20.8 Å². The molecule has 0 unspecified atom stereocenters. The predicted molar refractivity (Wildman–Crippen MR) is 86.6 cm³/mol. The lowest BCUT2D eigenvalue weighted by atomic mass is 10.1. The number of aromatic nitrogens is 4. The van der Waals surface area contributed by atoms with E-state index in [1.807, 2.05) is 12.1 Å². The number of hydrogen-bond acceptors (Lipinski definition) is 4. The van der Waals surface area contributed by atoms with Crippen molar-refractivity contribution in [1.29, 1.82) is 0 Å². The van der Waals surface area contributed by atoms with E-state index < -0.39 is 5.82 Å². The van der Waals surface area contributed by atoms with E-state index in [4.69, 9.17) is 11.6 Å². The average Bonchev–Trinajstić information content (AvgIpc) is 3.11. The Morgan fingerprint density at radius 3 is 2.71 bits per heavy atom. The molecule has 0 aliphatic rings. The molecule has 0 aliphatic heterocycles. The Hall–Kier alpha value is -2.80. The van der Waals surface area contributed by atoms with Crippen LogP contribution < -0.4 is 5.32 Å². The minimum atomic E-state index is -0.474. The van der Waals surface area contributed by atoms with Gasteiger partial charge in [-0.05, 0) is 46.7 Å². The number of rotatable bonds is 5. The highest BCUT2D eigenvalue weighted by molar-refractivity contribution is 6.30. The molecule has 0 saturated heterocycles. The molecule has 0 bridgehead atoms. The fourth-order valence-corrected chi connectivity index (χ4v) is 2.35. The van der Waals surface area contributed by atoms with Crippen LogP contribution in [-0.4, -0.2) is 32.7 Å². The summed E-state index contributed by atoms with van der Waals surface area (Å²) < 4.78 is 14.7. The third-order valence-electron chi connectivity index (χ3n) is 3.41.